The van der Waals surface area contributed by atoms with Gasteiger partial charge in [-0.3, -0.25) is 0 Å². The van der Waals surface area contributed by atoms with Crippen molar-refractivity contribution in [1.82, 2.24) is 0 Å². The quantitative estimate of drug-likeness (QED) is 0.434. The van der Waals surface area contributed by atoms with Crippen molar-refractivity contribution in [3.8, 4) is 0 Å². The van der Waals surface area contributed by atoms with E-state index >= 15 is 0 Å². The summed E-state index contributed by atoms with van der Waals surface area (Å²) in [6.07, 6.45) is 4.27. The molecule has 0 aliphatic heterocycles. The van der Waals surface area contributed by atoms with E-state index in [1.165, 1.54) is 17.5 Å². The Morgan fingerprint density at radius 1 is 1.00 bits per heavy atom. The van der Waals surface area contributed by atoms with Crippen molar-refractivity contribution in [2.24, 2.45) is 5.92 Å². The minimum absolute atomic E-state index is 0.0405. The normalized spacial score (nSPS) is 21.7. The predicted molar refractivity (Wildman–Crippen MR) is 91.6 cm³/mol. The van der Waals surface area contributed by atoms with Crippen LogP contribution in [0.4, 0.5) is 0 Å². The molecule has 2 atom stereocenters. The number of fused-ring (bicyclic) bond motifs is 1. The fourth-order valence-electron chi connectivity index (χ4n) is 3.18. The summed E-state index contributed by atoms with van der Waals surface area (Å²) in [5, 5.41) is 1.33. The van der Waals surface area contributed by atoms with Crippen LogP contribution in [0.1, 0.15) is 34.9 Å². The van der Waals surface area contributed by atoms with Gasteiger partial charge in [0, 0.05) is 0 Å². The number of benzene rings is 2. The van der Waals surface area contributed by atoms with Crippen molar-refractivity contribution in [1.29, 1.82) is 0 Å². The summed E-state index contributed by atoms with van der Waals surface area (Å²) < 4.78 is 0. The van der Waals surface area contributed by atoms with Gasteiger partial charge in [-0.15, -0.1) is 11.6 Å². The fourth-order valence-corrected chi connectivity index (χ4v) is 4.01. The monoisotopic (exact) mass is 338 g/mol. The minimum atomic E-state index is 0.0405. The number of hydrogen-bond acceptors (Lipinski definition) is 0. The molecule has 1 aliphatic rings. The van der Waals surface area contributed by atoms with E-state index < -0.39 is 0 Å². The summed E-state index contributed by atoms with van der Waals surface area (Å²) >= 11 is 19.2. The van der Waals surface area contributed by atoms with Crippen LogP contribution in [0.3, 0.4) is 0 Å². The van der Waals surface area contributed by atoms with E-state index in [-0.39, 0.29) is 5.38 Å². The van der Waals surface area contributed by atoms with E-state index in [2.05, 4.69) is 30.3 Å². The number of rotatable bonds is 2. The molecule has 0 bridgehead atoms. The van der Waals surface area contributed by atoms with Gasteiger partial charge < -0.3 is 0 Å². The zero-order chi connectivity index (χ0) is 14.8. The molecular formula is C18H17Cl3. The molecule has 0 saturated heterocycles. The van der Waals surface area contributed by atoms with Gasteiger partial charge >= 0.3 is 0 Å². The highest BCUT2D eigenvalue weighted by Gasteiger charge is 2.26. The van der Waals surface area contributed by atoms with Crippen LogP contribution in [0.15, 0.2) is 42.5 Å². The summed E-state index contributed by atoms with van der Waals surface area (Å²) in [5.41, 5.74) is 3.76. The molecule has 0 aromatic heterocycles. The van der Waals surface area contributed by atoms with E-state index in [9.17, 15) is 0 Å². The van der Waals surface area contributed by atoms with Crippen LogP contribution < -0.4 is 0 Å². The second-order valence-electron chi connectivity index (χ2n) is 5.67. The third-order valence-corrected chi connectivity index (χ3v) is 5.75. The summed E-state index contributed by atoms with van der Waals surface area (Å²) in [4.78, 5) is 0. The molecule has 21 heavy (non-hydrogen) atoms. The molecule has 110 valence electrons. The second-order valence-corrected chi connectivity index (χ2v) is 6.93. The van der Waals surface area contributed by atoms with Crippen molar-refractivity contribution in [2.45, 2.75) is 31.1 Å². The minimum Gasteiger partial charge on any atom is -0.117 e. The third-order valence-electron chi connectivity index (χ3n) is 4.30. The number of aryl methyl sites for hydroxylation is 1. The van der Waals surface area contributed by atoms with Gasteiger partial charge in [0.15, 0.2) is 0 Å². The van der Waals surface area contributed by atoms with E-state index in [4.69, 9.17) is 34.8 Å². The molecule has 0 amide bonds. The first-order valence-corrected chi connectivity index (χ1v) is 8.51. The van der Waals surface area contributed by atoms with E-state index in [0.717, 1.165) is 24.8 Å². The van der Waals surface area contributed by atoms with Gasteiger partial charge in [0.05, 0.1) is 15.4 Å². The van der Waals surface area contributed by atoms with Crippen molar-refractivity contribution >= 4 is 34.8 Å². The highest BCUT2D eigenvalue weighted by Crippen LogP contribution is 2.40. The van der Waals surface area contributed by atoms with Gasteiger partial charge in [0.2, 0.25) is 0 Å². The molecule has 3 rings (SSSR count). The molecule has 3 heteroatoms. The third kappa shape index (κ3) is 3.23. The smallest absolute Gasteiger partial charge is 0.0624 e. The van der Waals surface area contributed by atoms with Crippen LogP contribution in [0.2, 0.25) is 10.0 Å². The SMILES string of the molecule is Clc1cccc(CC2CCCc3ccccc3C2Cl)c1Cl. The Morgan fingerprint density at radius 2 is 1.81 bits per heavy atom. The Balaban J connectivity index is 1.88. The lowest BCUT2D eigenvalue weighted by atomic mass is 9.90. The van der Waals surface area contributed by atoms with E-state index in [0.29, 0.717) is 16.0 Å². The first kappa shape index (κ1) is 15.2. The fraction of sp³-hybridized carbons (Fsp3) is 0.333. The Labute approximate surface area is 141 Å². The molecule has 0 spiro atoms. The molecule has 0 saturated carbocycles. The summed E-state index contributed by atoms with van der Waals surface area (Å²) in [6, 6.07) is 14.4. The van der Waals surface area contributed by atoms with Crippen molar-refractivity contribution < 1.29 is 0 Å². The zero-order valence-corrected chi connectivity index (χ0v) is 13.9. The lowest BCUT2D eigenvalue weighted by Gasteiger charge is -2.22. The molecule has 0 radical (unpaired) electrons. The second kappa shape index (κ2) is 6.60. The topological polar surface area (TPSA) is 0 Å². The van der Waals surface area contributed by atoms with Gasteiger partial charge in [-0.1, -0.05) is 59.6 Å². The molecule has 0 nitrogen and oxygen atoms in total. The Kier molecular flexibility index (Phi) is 4.78. The first-order chi connectivity index (χ1) is 10.2. The first-order valence-electron chi connectivity index (χ1n) is 7.31. The molecule has 0 heterocycles. The summed E-state index contributed by atoms with van der Waals surface area (Å²) in [6.45, 7) is 0. The van der Waals surface area contributed by atoms with Gasteiger partial charge in [0.1, 0.15) is 0 Å². The largest absolute Gasteiger partial charge is 0.117 e. The van der Waals surface area contributed by atoms with Gasteiger partial charge in [0.25, 0.3) is 0 Å². The Bertz CT molecular complexity index is 636. The number of hydrogen-bond donors (Lipinski definition) is 0. The highest BCUT2D eigenvalue weighted by molar-refractivity contribution is 6.42. The summed E-state index contributed by atoms with van der Waals surface area (Å²) in [7, 11) is 0. The predicted octanol–water partition coefficient (Wildman–Crippen LogP) is 6.47. The standard InChI is InChI=1S/C18H17Cl3/c19-16-10-4-8-14(18(16)21)11-13-7-3-6-12-5-1-2-9-15(12)17(13)20/h1-2,4-5,8-10,13,17H,3,6-7,11H2. The molecular weight excluding hydrogens is 323 g/mol. The maximum absolute atomic E-state index is 6.78. The average Bonchev–Trinajstić information content (AvgIpc) is 2.65. The average molecular weight is 340 g/mol. The van der Waals surface area contributed by atoms with Crippen LogP contribution in [0.5, 0.6) is 0 Å². The maximum Gasteiger partial charge on any atom is 0.0624 e. The van der Waals surface area contributed by atoms with Crippen LogP contribution in [0.25, 0.3) is 0 Å². The molecule has 1 aliphatic carbocycles. The Hall–Kier alpha value is -0.690. The molecule has 2 aromatic carbocycles. The van der Waals surface area contributed by atoms with Gasteiger partial charge in [-0.2, -0.15) is 0 Å². The van der Waals surface area contributed by atoms with Crippen LogP contribution in [-0.4, -0.2) is 0 Å². The molecule has 0 fully saturated rings. The number of halogens is 3. The van der Waals surface area contributed by atoms with Crippen LogP contribution in [0, 0.1) is 5.92 Å². The highest BCUT2D eigenvalue weighted by atomic mass is 35.5. The van der Waals surface area contributed by atoms with Gasteiger partial charge in [-0.25, -0.2) is 0 Å². The van der Waals surface area contributed by atoms with E-state index in [1.807, 2.05) is 12.1 Å². The van der Waals surface area contributed by atoms with Gasteiger partial charge in [-0.05, 0) is 54.4 Å². The van der Waals surface area contributed by atoms with Crippen molar-refractivity contribution in [3.05, 3.63) is 69.2 Å². The van der Waals surface area contributed by atoms with Crippen LogP contribution >= 0.6 is 34.8 Å². The summed E-state index contributed by atoms with van der Waals surface area (Å²) in [5.74, 6) is 0.395. The van der Waals surface area contributed by atoms with E-state index in [1.54, 1.807) is 0 Å². The lowest BCUT2D eigenvalue weighted by Crippen LogP contribution is -2.11. The molecule has 2 aromatic rings. The van der Waals surface area contributed by atoms with Crippen molar-refractivity contribution in [2.75, 3.05) is 0 Å². The maximum atomic E-state index is 6.78. The molecule has 2 unspecified atom stereocenters. The number of alkyl halides is 1. The lowest BCUT2D eigenvalue weighted by molar-refractivity contribution is 0.465. The van der Waals surface area contributed by atoms with Crippen LogP contribution in [-0.2, 0) is 12.8 Å². The molecule has 0 N–H and O–H groups in total. The van der Waals surface area contributed by atoms with Crippen molar-refractivity contribution in [3.63, 3.8) is 0 Å². The Morgan fingerprint density at radius 3 is 2.67 bits per heavy atom. The zero-order valence-electron chi connectivity index (χ0n) is 11.7.